The molecule has 126 valence electrons. The van der Waals surface area contributed by atoms with Gasteiger partial charge in [0.25, 0.3) is 5.91 Å². The van der Waals surface area contributed by atoms with E-state index < -0.39 is 24.1 Å². The molecule has 2 amide bonds. The molecule has 25 heavy (non-hydrogen) atoms. The fraction of sp³-hybridized carbons (Fsp3) is 0.211. The van der Waals surface area contributed by atoms with Crippen LogP contribution in [0.15, 0.2) is 48.5 Å². The van der Waals surface area contributed by atoms with Crippen LogP contribution in [0.5, 0.6) is 0 Å². The van der Waals surface area contributed by atoms with Gasteiger partial charge in [-0.25, -0.2) is 4.79 Å². The number of carbonyl (C=O) groups excluding carboxylic acids is 3. The number of hydrogen-bond acceptors (Lipinski definition) is 5. The van der Waals surface area contributed by atoms with Gasteiger partial charge < -0.3 is 9.47 Å². The molecular weight excluding hydrogens is 322 g/mol. The Balaban J connectivity index is 1.47. The Kier molecular flexibility index (Phi) is 3.72. The van der Waals surface area contributed by atoms with E-state index in [4.69, 9.17) is 9.47 Å². The zero-order valence-electron chi connectivity index (χ0n) is 13.2. The molecule has 4 rings (SSSR count). The Morgan fingerprint density at radius 2 is 1.60 bits per heavy atom. The first kappa shape index (κ1) is 15.4. The van der Waals surface area contributed by atoms with Crippen molar-refractivity contribution in [2.45, 2.75) is 18.4 Å². The van der Waals surface area contributed by atoms with Crippen LogP contribution in [-0.4, -0.2) is 30.7 Å². The molecule has 6 heteroatoms. The van der Waals surface area contributed by atoms with Crippen LogP contribution >= 0.6 is 0 Å². The van der Waals surface area contributed by atoms with Gasteiger partial charge in [0.1, 0.15) is 6.61 Å². The lowest BCUT2D eigenvalue weighted by Gasteiger charge is -2.15. The zero-order valence-corrected chi connectivity index (χ0v) is 13.2. The first-order valence-electron chi connectivity index (χ1n) is 7.99. The minimum Gasteiger partial charge on any atom is -0.433 e. The van der Waals surface area contributed by atoms with Gasteiger partial charge in [-0.3, -0.25) is 14.9 Å². The Labute approximate surface area is 143 Å². The molecule has 1 atom stereocenters. The maximum absolute atomic E-state index is 11.9. The molecule has 0 radical (unpaired) electrons. The molecule has 1 unspecified atom stereocenters. The van der Waals surface area contributed by atoms with Crippen LogP contribution in [-0.2, 0) is 19.1 Å². The normalized spacial score (nSPS) is 18.5. The number of carbonyl (C=O) groups is 3. The summed E-state index contributed by atoms with van der Waals surface area (Å²) in [6.45, 7) is 0.106. The fourth-order valence-corrected chi connectivity index (χ4v) is 3.37. The average Bonchev–Trinajstić information content (AvgIpc) is 3.10. The highest BCUT2D eigenvalue weighted by Crippen LogP contribution is 2.44. The fourth-order valence-electron chi connectivity index (χ4n) is 3.37. The van der Waals surface area contributed by atoms with Crippen molar-refractivity contribution in [2.24, 2.45) is 0 Å². The number of imide groups is 1. The Morgan fingerprint density at radius 1 is 1.00 bits per heavy atom. The van der Waals surface area contributed by atoms with Crippen molar-refractivity contribution in [3.05, 3.63) is 59.7 Å². The third-order valence-corrected chi connectivity index (χ3v) is 4.49. The van der Waals surface area contributed by atoms with E-state index in [1.54, 1.807) is 0 Å². The summed E-state index contributed by atoms with van der Waals surface area (Å²) in [7, 11) is 0. The topological polar surface area (TPSA) is 81.7 Å². The van der Waals surface area contributed by atoms with Crippen LogP contribution < -0.4 is 5.32 Å². The second-order valence-corrected chi connectivity index (χ2v) is 6.01. The molecule has 2 aromatic rings. The molecule has 1 N–H and O–H groups in total. The van der Waals surface area contributed by atoms with Crippen molar-refractivity contribution in [1.29, 1.82) is 0 Å². The van der Waals surface area contributed by atoms with E-state index in [9.17, 15) is 14.4 Å². The Morgan fingerprint density at radius 3 is 2.16 bits per heavy atom. The van der Waals surface area contributed by atoms with Gasteiger partial charge in [0.05, 0.1) is 6.42 Å². The van der Waals surface area contributed by atoms with Crippen molar-refractivity contribution in [3.8, 4) is 11.1 Å². The average molecular weight is 337 g/mol. The van der Waals surface area contributed by atoms with E-state index in [-0.39, 0.29) is 18.9 Å². The molecule has 2 aliphatic rings. The van der Waals surface area contributed by atoms with Gasteiger partial charge in [0.15, 0.2) is 6.10 Å². The van der Waals surface area contributed by atoms with Crippen LogP contribution in [0.2, 0.25) is 0 Å². The van der Waals surface area contributed by atoms with Crippen molar-refractivity contribution in [3.63, 3.8) is 0 Å². The lowest BCUT2D eigenvalue weighted by atomic mass is 9.98. The molecule has 1 heterocycles. The third kappa shape index (κ3) is 2.76. The molecule has 1 aliphatic heterocycles. The summed E-state index contributed by atoms with van der Waals surface area (Å²) in [5.74, 6) is -1.15. The smallest absolute Gasteiger partial charge is 0.433 e. The number of nitrogens with one attached hydrogen (secondary N) is 1. The Hall–Kier alpha value is -3.15. The number of rotatable bonds is 3. The Bertz CT molecular complexity index is 830. The molecule has 0 saturated carbocycles. The van der Waals surface area contributed by atoms with E-state index >= 15 is 0 Å². The van der Waals surface area contributed by atoms with Crippen LogP contribution in [0.3, 0.4) is 0 Å². The summed E-state index contributed by atoms with van der Waals surface area (Å²) >= 11 is 0. The number of amides is 2. The standard InChI is InChI=1S/C19H15NO5/c21-17-9-16(18(22)20-17)25-19(23)24-10-15-13-7-3-1-5-11(13)12-6-2-4-8-14(12)15/h1-8,15-16H,9-10H2,(H,20,21,22). The van der Waals surface area contributed by atoms with Crippen LogP contribution in [0.25, 0.3) is 11.1 Å². The molecular formula is C19H15NO5. The van der Waals surface area contributed by atoms with Crippen molar-refractivity contribution in [1.82, 2.24) is 5.32 Å². The van der Waals surface area contributed by atoms with Crippen molar-refractivity contribution >= 4 is 18.0 Å². The van der Waals surface area contributed by atoms with Gasteiger partial charge in [-0.1, -0.05) is 48.5 Å². The summed E-state index contributed by atoms with van der Waals surface area (Å²) in [4.78, 5) is 34.5. The van der Waals surface area contributed by atoms with Gasteiger partial charge in [-0.15, -0.1) is 0 Å². The highest BCUT2D eigenvalue weighted by atomic mass is 16.7. The first-order valence-corrected chi connectivity index (χ1v) is 7.99. The van der Waals surface area contributed by atoms with Gasteiger partial charge >= 0.3 is 6.16 Å². The summed E-state index contributed by atoms with van der Waals surface area (Å²) in [5.41, 5.74) is 4.43. The molecule has 1 aliphatic carbocycles. The van der Waals surface area contributed by atoms with Gasteiger partial charge in [-0.05, 0) is 22.3 Å². The molecule has 0 aromatic heterocycles. The maximum Gasteiger partial charge on any atom is 0.509 e. The summed E-state index contributed by atoms with van der Waals surface area (Å²) < 4.78 is 10.2. The highest BCUT2D eigenvalue weighted by molar-refractivity contribution is 6.05. The van der Waals surface area contributed by atoms with Crippen molar-refractivity contribution < 1.29 is 23.9 Å². The van der Waals surface area contributed by atoms with Crippen molar-refractivity contribution in [2.75, 3.05) is 6.61 Å². The number of ether oxygens (including phenoxy) is 2. The summed E-state index contributed by atoms with van der Waals surface area (Å²) in [6, 6.07) is 16.0. The van der Waals surface area contributed by atoms with E-state index in [0.29, 0.717) is 0 Å². The highest BCUT2D eigenvalue weighted by Gasteiger charge is 2.35. The third-order valence-electron chi connectivity index (χ3n) is 4.49. The van der Waals surface area contributed by atoms with E-state index in [1.807, 2.05) is 48.5 Å². The first-order chi connectivity index (χ1) is 12.1. The van der Waals surface area contributed by atoms with Gasteiger partial charge in [-0.2, -0.15) is 0 Å². The second-order valence-electron chi connectivity index (χ2n) is 6.01. The predicted octanol–water partition coefficient (Wildman–Crippen LogP) is 2.37. The van der Waals surface area contributed by atoms with Crippen LogP contribution in [0.1, 0.15) is 23.5 Å². The molecule has 0 bridgehead atoms. The minimum absolute atomic E-state index is 0.0843. The van der Waals surface area contributed by atoms with Crippen LogP contribution in [0.4, 0.5) is 4.79 Å². The molecule has 0 spiro atoms. The summed E-state index contributed by atoms with van der Waals surface area (Å²) in [6.07, 6.45) is -2.22. The molecule has 1 fully saturated rings. The largest absolute Gasteiger partial charge is 0.509 e. The lowest BCUT2D eigenvalue weighted by Crippen LogP contribution is -2.29. The monoisotopic (exact) mass is 337 g/mol. The van der Waals surface area contributed by atoms with E-state index in [1.165, 1.54) is 0 Å². The number of fused-ring (bicyclic) bond motifs is 3. The molecule has 2 aromatic carbocycles. The number of hydrogen-bond donors (Lipinski definition) is 1. The van der Waals surface area contributed by atoms with Gasteiger partial charge in [0, 0.05) is 5.92 Å². The quantitative estimate of drug-likeness (QED) is 0.687. The summed E-state index contributed by atoms with van der Waals surface area (Å²) in [5, 5.41) is 2.08. The van der Waals surface area contributed by atoms with Crippen LogP contribution in [0, 0.1) is 0 Å². The minimum atomic E-state index is -1.11. The second kappa shape index (κ2) is 6.05. The molecule has 6 nitrogen and oxygen atoms in total. The van der Waals surface area contributed by atoms with E-state index in [0.717, 1.165) is 22.3 Å². The lowest BCUT2D eigenvalue weighted by molar-refractivity contribution is -0.128. The van der Waals surface area contributed by atoms with E-state index in [2.05, 4.69) is 5.32 Å². The zero-order chi connectivity index (χ0) is 17.4. The van der Waals surface area contributed by atoms with Gasteiger partial charge in [0.2, 0.25) is 5.91 Å². The number of benzene rings is 2. The molecule has 1 saturated heterocycles. The maximum atomic E-state index is 11.9. The SMILES string of the molecule is O=C1CC(OC(=O)OCC2c3ccccc3-c3ccccc32)C(=O)N1. The predicted molar refractivity (Wildman–Crippen MR) is 87.7 cm³/mol.